The zero-order chi connectivity index (χ0) is 16.3. The van der Waals surface area contributed by atoms with Gasteiger partial charge in [0.15, 0.2) is 0 Å². The first-order valence-corrected chi connectivity index (χ1v) is 7.08. The molecule has 0 aliphatic rings. The third kappa shape index (κ3) is 3.52. The van der Waals surface area contributed by atoms with E-state index in [2.05, 4.69) is 43.4 Å². The number of aromatic carboxylic acids is 1. The van der Waals surface area contributed by atoms with Crippen LogP contribution in [0.5, 0.6) is 0 Å². The van der Waals surface area contributed by atoms with Gasteiger partial charge in [0.05, 0.1) is 17.4 Å². The molecule has 0 fully saturated rings. The Morgan fingerprint density at radius 2 is 1.59 bits per heavy atom. The highest BCUT2D eigenvalue weighted by molar-refractivity contribution is 6.00. The molecular weight excluding hydrogens is 276 g/mol. The molecule has 0 aromatic heterocycles. The van der Waals surface area contributed by atoms with E-state index in [0.717, 1.165) is 17.0 Å². The van der Waals surface area contributed by atoms with Crippen LogP contribution >= 0.6 is 0 Å². The third-order valence-electron chi connectivity index (χ3n) is 3.70. The van der Waals surface area contributed by atoms with Crippen LogP contribution in [0.25, 0.3) is 0 Å². The summed E-state index contributed by atoms with van der Waals surface area (Å²) in [5.41, 5.74) is 9.47. The van der Waals surface area contributed by atoms with Crippen LogP contribution in [-0.4, -0.2) is 11.7 Å². The van der Waals surface area contributed by atoms with Crippen molar-refractivity contribution in [2.24, 2.45) is 5.10 Å². The molecule has 4 nitrogen and oxygen atoms in total. The summed E-state index contributed by atoms with van der Waals surface area (Å²) in [6.45, 7) is 8.18. The smallest absolute Gasteiger partial charge is 0.0715 e. The Labute approximate surface area is 130 Å². The van der Waals surface area contributed by atoms with Gasteiger partial charge in [-0.05, 0) is 68.1 Å². The Morgan fingerprint density at radius 1 is 1.00 bits per heavy atom. The van der Waals surface area contributed by atoms with E-state index in [9.17, 15) is 9.90 Å². The highest BCUT2D eigenvalue weighted by Gasteiger charge is 2.05. The van der Waals surface area contributed by atoms with Crippen LogP contribution in [0.2, 0.25) is 0 Å². The number of nitrogens with one attached hydrogen (secondary N) is 1. The lowest BCUT2D eigenvalue weighted by Crippen LogP contribution is -2.21. The Hall–Kier alpha value is -2.62. The molecule has 4 heteroatoms. The molecule has 0 aliphatic heterocycles. The van der Waals surface area contributed by atoms with Crippen LogP contribution in [0, 0.1) is 20.8 Å². The van der Waals surface area contributed by atoms with Crippen molar-refractivity contribution in [3.63, 3.8) is 0 Å². The summed E-state index contributed by atoms with van der Waals surface area (Å²) in [6, 6.07) is 10.6. The molecule has 0 saturated carbocycles. The van der Waals surface area contributed by atoms with Crippen LogP contribution in [0.3, 0.4) is 0 Å². The van der Waals surface area contributed by atoms with Crippen LogP contribution < -0.4 is 10.5 Å². The molecule has 0 spiro atoms. The topological polar surface area (TPSA) is 64.5 Å². The van der Waals surface area contributed by atoms with E-state index in [4.69, 9.17) is 0 Å². The average Bonchev–Trinajstić information content (AvgIpc) is 2.49. The predicted molar refractivity (Wildman–Crippen MR) is 87.3 cm³/mol. The van der Waals surface area contributed by atoms with Crippen molar-refractivity contribution in [1.29, 1.82) is 0 Å². The van der Waals surface area contributed by atoms with Gasteiger partial charge in [-0.1, -0.05) is 18.2 Å². The molecule has 2 aromatic carbocycles. The van der Waals surface area contributed by atoms with Crippen molar-refractivity contribution < 1.29 is 9.90 Å². The molecule has 2 rings (SSSR count). The fourth-order valence-electron chi connectivity index (χ4n) is 2.24. The van der Waals surface area contributed by atoms with Gasteiger partial charge in [-0.3, -0.25) is 5.43 Å². The Kier molecular flexibility index (Phi) is 4.61. The van der Waals surface area contributed by atoms with E-state index in [1.54, 1.807) is 12.1 Å². The summed E-state index contributed by atoms with van der Waals surface area (Å²) in [7, 11) is 0. The number of anilines is 1. The highest BCUT2D eigenvalue weighted by atomic mass is 16.4. The largest absolute Gasteiger partial charge is 0.545 e. The van der Waals surface area contributed by atoms with Crippen molar-refractivity contribution in [2.75, 3.05) is 5.43 Å². The molecule has 0 unspecified atom stereocenters. The minimum atomic E-state index is -1.18. The van der Waals surface area contributed by atoms with Gasteiger partial charge in [-0.2, -0.15) is 5.10 Å². The van der Waals surface area contributed by atoms with E-state index in [1.807, 2.05) is 6.92 Å². The van der Waals surface area contributed by atoms with Gasteiger partial charge in [0, 0.05) is 5.56 Å². The maximum Gasteiger partial charge on any atom is 0.0715 e. The Balaban J connectivity index is 2.19. The van der Waals surface area contributed by atoms with E-state index in [1.165, 1.54) is 28.8 Å². The minimum Gasteiger partial charge on any atom is -0.545 e. The van der Waals surface area contributed by atoms with Crippen molar-refractivity contribution in [1.82, 2.24) is 0 Å². The van der Waals surface area contributed by atoms with Crippen LogP contribution in [0.4, 0.5) is 5.69 Å². The lowest BCUT2D eigenvalue weighted by molar-refractivity contribution is -0.255. The minimum absolute atomic E-state index is 0.149. The number of carboxylic acid groups (broad SMARTS) is 1. The van der Waals surface area contributed by atoms with Gasteiger partial charge in [-0.15, -0.1) is 0 Å². The molecule has 0 amide bonds. The number of aryl methyl sites for hydroxylation is 3. The second kappa shape index (κ2) is 6.43. The zero-order valence-corrected chi connectivity index (χ0v) is 13.2. The van der Waals surface area contributed by atoms with Gasteiger partial charge >= 0.3 is 0 Å². The molecule has 114 valence electrons. The average molecular weight is 295 g/mol. The monoisotopic (exact) mass is 295 g/mol. The highest BCUT2D eigenvalue weighted by Crippen LogP contribution is 2.17. The van der Waals surface area contributed by atoms with Crippen molar-refractivity contribution in [2.45, 2.75) is 27.7 Å². The summed E-state index contributed by atoms with van der Waals surface area (Å²) < 4.78 is 0. The molecule has 0 bridgehead atoms. The summed E-state index contributed by atoms with van der Waals surface area (Å²) in [5, 5.41) is 15.1. The van der Waals surface area contributed by atoms with Crippen LogP contribution in [-0.2, 0) is 0 Å². The molecule has 1 N–H and O–H groups in total. The van der Waals surface area contributed by atoms with Crippen LogP contribution in [0.1, 0.15) is 39.5 Å². The van der Waals surface area contributed by atoms with Gasteiger partial charge in [0.25, 0.3) is 0 Å². The molecule has 0 radical (unpaired) electrons. The molecular formula is C18H19N2O2-. The number of carboxylic acids is 1. The lowest BCUT2D eigenvalue weighted by Gasteiger charge is -2.10. The molecule has 0 atom stereocenters. The van der Waals surface area contributed by atoms with Gasteiger partial charge in [0.1, 0.15) is 0 Å². The fourth-order valence-corrected chi connectivity index (χ4v) is 2.24. The molecule has 22 heavy (non-hydrogen) atoms. The summed E-state index contributed by atoms with van der Waals surface area (Å²) >= 11 is 0. The van der Waals surface area contributed by atoms with Gasteiger partial charge in [-0.25, -0.2) is 0 Å². The van der Waals surface area contributed by atoms with Crippen LogP contribution in [0.15, 0.2) is 41.5 Å². The first-order chi connectivity index (χ1) is 10.4. The number of carbonyl (C=O) groups excluding carboxylic acids is 1. The standard InChI is InChI=1S/C18H20N2O2/c1-11-9-13(3)17(10-12(11)2)14(4)19-20-16-7-5-15(6-8-16)18(21)22/h5-10,20H,1-4H3,(H,21,22)/p-1/b19-14-. The van der Waals surface area contributed by atoms with Crippen molar-refractivity contribution in [3.05, 3.63) is 64.2 Å². The number of hydrogen-bond acceptors (Lipinski definition) is 4. The number of carbonyl (C=O) groups is 1. The van der Waals surface area contributed by atoms with E-state index < -0.39 is 5.97 Å². The van der Waals surface area contributed by atoms with E-state index in [-0.39, 0.29) is 5.56 Å². The maximum atomic E-state index is 10.7. The lowest BCUT2D eigenvalue weighted by atomic mass is 9.98. The first-order valence-electron chi connectivity index (χ1n) is 7.08. The van der Waals surface area contributed by atoms with Gasteiger partial charge in [0.2, 0.25) is 0 Å². The molecule has 0 heterocycles. The molecule has 0 aliphatic carbocycles. The fraction of sp³-hybridized carbons (Fsp3) is 0.222. The van der Waals surface area contributed by atoms with Gasteiger partial charge < -0.3 is 9.90 Å². The van der Waals surface area contributed by atoms with Crippen molar-refractivity contribution >= 4 is 17.4 Å². The zero-order valence-electron chi connectivity index (χ0n) is 13.2. The SMILES string of the molecule is C/C(=N/Nc1ccc(C(=O)[O-])cc1)c1cc(C)c(C)cc1C. The van der Waals surface area contributed by atoms with Crippen molar-refractivity contribution in [3.8, 4) is 0 Å². The summed E-state index contributed by atoms with van der Waals surface area (Å²) in [6.07, 6.45) is 0. The number of hydrogen-bond donors (Lipinski definition) is 1. The van der Waals surface area contributed by atoms with E-state index >= 15 is 0 Å². The normalized spacial score (nSPS) is 11.4. The predicted octanol–water partition coefficient (Wildman–Crippen LogP) is 2.81. The third-order valence-corrected chi connectivity index (χ3v) is 3.70. The molecule has 0 saturated heterocycles. The number of hydrazone groups is 1. The summed E-state index contributed by atoms with van der Waals surface area (Å²) in [4.78, 5) is 10.7. The Bertz CT molecular complexity index is 731. The molecule has 2 aromatic rings. The second-order valence-electron chi connectivity index (χ2n) is 5.43. The van der Waals surface area contributed by atoms with E-state index in [0.29, 0.717) is 0 Å². The quantitative estimate of drug-likeness (QED) is 0.697. The maximum absolute atomic E-state index is 10.7. The first kappa shape index (κ1) is 15.8. The number of nitrogens with zero attached hydrogens (tertiary/aromatic N) is 1. The summed E-state index contributed by atoms with van der Waals surface area (Å²) in [5.74, 6) is -1.18. The second-order valence-corrected chi connectivity index (χ2v) is 5.43. The number of rotatable bonds is 4. The Morgan fingerprint density at radius 3 is 2.18 bits per heavy atom. The number of benzene rings is 2.